The van der Waals surface area contributed by atoms with Crippen LogP contribution in [0.15, 0.2) is 18.2 Å². The largest absolute Gasteiger partial charge is 0.344 e. The lowest BCUT2D eigenvalue weighted by Crippen LogP contribution is -2.45. The third kappa shape index (κ3) is 3.20. The highest BCUT2D eigenvalue weighted by molar-refractivity contribution is 5.90. The Morgan fingerprint density at radius 3 is 2.48 bits per heavy atom. The molecular formula is C15H18F2N2O2. The van der Waals surface area contributed by atoms with Gasteiger partial charge in [0.1, 0.15) is 17.7 Å². The Hall–Kier alpha value is -1.98. The number of benzene rings is 1. The molecule has 2 amide bonds. The molecule has 1 aromatic carbocycles. The van der Waals surface area contributed by atoms with Crippen LogP contribution in [0.5, 0.6) is 0 Å². The molecule has 4 nitrogen and oxygen atoms in total. The average Bonchev–Trinajstić information content (AvgIpc) is 2.52. The van der Waals surface area contributed by atoms with Crippen molar-refractivity contribution in [2.24, 2.45) is 0 Å². The Labute approximate surface area is 122 Å². The van der Waals surface area contributed by atoms with E-state index in [0.29, 0.717) is 6.42 Å². The van der Waals surface area contributed by atoms with Crippen LogP contribution in [0.1, 0.15) is 32.3 Å². The van der Waals surface area contributed by atoms with Gasteiger partial charge in [-0.15, -0.1) is 0 Å². The molecule has 21 heavy (non-hydrogen) atoms. The van der Waals surface area contributed by atoms with E-state index in [1.807, 2.05) is 0 Å². The number of carbonyl (C=O) groups is 2. The number of nitrogens with zero attached hydrogens (tertiary/aromatic N) is 1. The summed E-state index contributed by atoms with van der Waals surface area (Å²) in [5, 5.41) is 2.64. The average molecular weight is 296 g/mol. The van der Waals surface area contributed by atoms with E-state index in [1.165, 1.54) is 11.0 Å². The fraction of sp³-hybridized carbons (Fsp3) is 0.467. The molecule has 0 radical (unpaired) electrons. The number of hydrogen-bond donors (Lipinski definition) is 1. The van der Waals surface area contributed by atoms with Crippen LogP contribution in [-0.2, 0) is 16.1 Å². The molecule has 1 aliphatic rings. The summed E-state index contributed by atoms with van der Waals surface area (Å²) < 4.78 is 27.5. The second-order valence-corrected chi connectivity index (χ2v) is 5.25. The minimum Gasteiger partial charge on any atom is -0.344 e. The molecule has 0 aliphatic carbocycles. The predicted octanol–water partition coefficient (Wildman–Crippen LogP) is 1.98. The third-order valence-electron chi connectivity index (χ3n) is 3.73. The van der Waals surface area contributed by atoms with Crippen molar-refractivity contribution in [2.75, 3.05) is 0 Å². The summed E-state index contributed by atoms with van der Waals surface area (Å²) in [6, 6.07) is 2.55. The zero-order chi connectivity index (χ0) is 15.6. The maximum absolute atomic E-state index is 13.8. The summed E-state index contributed by atoms with van der Waals surface area (Å²) >= 11 is 0. The molecule has 0 spiro atoms. The maximum atomic E-state index is 13.8. The van der Waals surface area contributed by atoms with Gasteiger partial charge in [-0.2, -0.15) is 0 Å². The number of rotatable bonds is 3. The van der Waals surface area contributed by atoms with Gasteiger partial charge in [-0.3, -0.25) is 9.59 Å². The Kier molecular flexibility index (Phi) is 4.55. The molecule has 2 unspecified atom stereocenters. The van der Waals surface area contributed by atoms with Crippen molar-refractivity contribution in [3.8, 4) is 0 Å². The summed E-state index contributed by atoms with van der Waals surface area (Å²) in [7, 11) is 0. The summed E-state index contributed by atoms with van der Waals surface area (Å²) in [5.74, 6) is -1.91. The first-order valence-corrected chi connectivity index (χ1v) is 6.96. The molecule has 1 N–H and O–H groups in total. The maximum Gasteiger partial charge on any atom is 0.245 e. The van der Waals surface area contributed by atoms with E-state index < -0.39 is 23.7 Å². The molecule has 1 heterocycles. The SMILES string of the molecule is CCC1NC(=O)CC(C)N(Cc2c(F)cccc2F)C1=O. The van der Waals surface area contributed by atoms with Crippen LogP contribution in [-0.4, -0.2) is 28.8 Å². The van der Waals surface area contributed by atoms with E-state index in [0.717, 1.165) is 12.1 Å². The van der Waals surface area contributed by atoms with Crippen molar-refractivity contribution in [3.05, 3.63) is 35.4 Å². The highest BCUT2D eigenvalue weighted by Crippen LogP contribution is 2.20. The van der Waals surface area contributed by atoms with Gasteiger partial charge >= 0.3 is 0 Å². The fourth-order valence-corrected chi connectivity index (χ4v) is 2.48. The van der Waals surface area contributed by atoms with Crippen molar-refractivity contribution in [3.63, 3.8) is 0 Å². The second kappa shape index (κ2) is 6.20. The first-order chi connectivity index (χ1) is 9.93. The second-order valence-electron chi connectivity index (χ2n) is 5.25. The lowest BCUT2D eigenvalue weighted by molar-refractivity contribution is -0.135. The molecular weight excluding hydrogens is 278 g/mol. The van der Waals surface area contributed by atoms with Crippen molar-refractivity contribution in [2.45, 2.75) is 45.3 Å². The lowest BCUT2D eigenvalue weighted by Gasteiger charge is -2.28. The number of hydrogen-bond acceptors (Lipinski definition) is 2. The minimum atomic E-state index is -0.688. The zero-order valence-electron chi connectivity index (χ0n) is 12.0. The summed E-state index contributed by atoms with van der Waals surface area (Å²) in [6.45, 7) is 3.30. The monoisotopic (exact) mass is 296 g/mol. The van der Waals surface area contributed by atoms with Gasteiger partial charge < -0.3 is 10.2 Å². The van der Waals surface area contributed by atoms with Gasteiger partial charge in [0, 0.05) is 18.0 Å². The lowest BCUT2D eigenvalue weighted by atomic mass is 10.1. The first-order valence-electron chi connectivity index (χ1n) is 6.96. The van der Waals surface area contributed by atoms with E-state index in [1.54, 1.807) is 13.8 Å². The van der Waals surface area contributed by atoms with Crippen LogP contribution in [0.4, 0.5) is 8.78 Å². The minimum absolute atomic E-state index is 0.123. The van der Waals surface area contributed by atoms with Crippen molar-refractivity contribution in [1.82, 2.24) is 10.2 Å². The summed E-state index contributed by atoms with van der Waals surface area (Å²) in [5.41, 5.74) is -0.151. The van der Waals surface area contributed by atoms with Gasteiger partial charge in [-0.25, -0.2) is 8.78 Å². The molecule has 1 aliphatic heterocycles. The van der Waals surface area contributed by atoms with Crippen LogP contribution >= 0.6 is 0 Å². The standard InChI is InChI=1S/C15H18F2N2O2/c1-3-13-15(21)19(9(2)7-14(20)18-13)8-10-11(16)5-4-6-12(10)17/h4-6,9,13H,3,7-8H2,1-2H3,(H,18,20). The molecule has 1 aromatic rings. The van der Waals surface area contributed by atoms with Crippen LogP contribution in [0, 0.1) is 11.6 Å². The number of amides is 2. The smallest absolute Gasteiger partial charge is 0.245 e. The van der Waals surface area contributed by atoms with E-state index in [-0.39, 0.29) is 30.3 Å². The molecule has 114 valence electrons. The van der Waals surface area contributed by atoms with Gasteiger partial charge in [-0.05, 0) is 25.5 Å². The molecule has 1 fully saturated rings. The molecule has 0 saturated carbocycles. The van der Waals surface area contributed by atoms with Crippen LogP contribution < -0.4 is 5.32 Å². The first kappa shape index (κ1) is 15.4. The van der Waals surface area contributed by atoms with Gasteiger partial charge in [0.15, 0.2) is 0 Å². The molecule has 0 aromatic heterocycles. The predicted molar refractivity (Wildman–Crippen MR) is 73.2 cm³/mol. The summed E-state index contributed by atoms with van der Waals surface area (Å²) in [6.07, 6.45) is 0.561. The van der Waals surface area contributed by atoms with Gasteiger partial charge in [-0.1, -0.05) is 13.0 Å². The van der Waals surface area contributed by atoms with Crippen LogP contribution in [0.3, 0.4) is 0 Å². The molecule has 2 atom stereocenters. The Morgan fingerprint density at radius 2 is 1.90 bits per heavy atom. The molecule has 0 bridgehead atoms. The quantitative estimate of drug-likeness (QED) is 0.927. The Bertz CT molecular complexity index is 542. The van der Waals surface area contributed by atoms with Gasteiger partial charge in [0.05, 0.1) is 6.54 Å². The molecule has 2 rings (SSSR count). The highest BCUT2D eigenvalue weighted by Gasteiger charge is 2.33. The highest BCUT2D eigenvalue weighted by atomic mass is 19.1. The van der Waals surface area contributed by atoms with E-state index >= 15 is 0 Å². The third-order valence-corrected chi connectivity index (χ3v) is 3.73. The Balaban J connectivity index is 2.31. The van der Waals surface area contributed by atoms with Gasteiger partial charge in [0.2, 0.25) is 11.8 Å². The van der Waals surface area contributed by atoms with E-state index in [4.69, 9.17) is 0 Å². The topological polar surface area (TPSA) is 49.4 Å². The summed E-state index contributed by atoms with van der Waals surface area (Å²) in [4.78, 5) is 25.5. The molecule has 1 saturated heterocycles. The normalized spacial score (nSPS) is 23.0. The van der Waals surface area contributed by atoms with Crippen molar-refractivity contribution in [1.29, 1.82) is 0 Å². The number of nitrogens with one attached hydrogen (secondary N) is 1. The van der Waals surface area contributed by atoms with Crippen molar-refractivity contribution < 1.29 is 18.4 Å². The number of carbonyl (C=O) groups excluding carboxylic acids is 2. The zero-order valence-corrected chi connectivity index (χ0v) is 12.0. The van der Waals surface area contributed by atoms with Crippen LogP contribution in [0.25, 0.3) is 0 Å². The van der Waals surface area contributed by atoms with Gasteiger partial charge in [0.25, 0.3) is 0 Å². The van der Waals surface area contributed by atoms with E-state index in [2.05, 4.69) is 5.32 Å². The van der Waals surface area contributed by atoms with Crippen LogP contribution in [0.2, 0.25) is 0 Å². The fourth-order valence-electron chi connectivity index (χ4n) is 2.48. The number of halogens is 2. The Morgan fingerprint density at radius 1 is 1.29 bits per heavy atom. The van der Waals surface area contributed by atoms with E-state index in [9.17, 15) is 18.4 Å². The van der Waals surface area contributed by atoms with Crippen molar-refractivity contribution >= 4 is 11.8 Å². The molecule has 6 heteroatoms.